The van der Waals surface area contributed by atoms with Crippen LogP contribution in [0.3, 0.4) is 0 Å². The monoisotopic (exact) mass is 258 g/mol. The van der Waals surface area contributed by atoms with Gasteiger partial charge in [-0.1, -0.05) is 12.1 Å². The van der Waals surface area contributed by atoms with Crippen LogP contribution in [0.1, 0.15) is 17.7 Å². The number of nitrogens with zero attached hydrogens (tertiary/aromatic N) is 1. The van der Waals surface area contributed by atoms with E-state index in [1.807, 2.05) is 24.3 Å². The predicted molar refractivity (Wildman–Crippen MR) is 75.5 cm³/mol. The molecule has 1 aromatic carbocycles. The van der Waals surface area contributed by atoms with Crippen LogP contribution in [0.5, 0.6) is 11.5 Å². The Morgan fingerprint density at radius 2 is 2.16 bits per heavy atom. The molecule has 2 aromatic rings. The summed E-state index contributed by atoms with van der Waals surface area (Å²) in [7, 11) is 3.33. The fourth-order valence-electron chi connectivity index (χ4n) is 1.87. The SMILES string of the molecule is COc1ccc(CC/C=C/c2cnc[nH]2)c(OC)c1. The van der Waals surface area contributed by atoms with E-state index < -0.39 is 0 Å². The van der Waals surface area contributed by atoms with E-state index in [9.17, 15) is 0 Å². The first-order valence-corrected chi connectivity index (χ1v) is 6.19. The van der Waals surface area contributed by atoms with E-state index in [0.29, 0.717) is 0 Å². The highest BCUT2D eigenvalue weighted by Crippen LogP contribution is 2.25. The van der Waals surface area contributed by atoms with Gasteiger partial charge in [0, 0.05) is 6.07 Å². The van der Waals surface area contributed by atoms with Crippen LogP contribution in [0.25, 0.3) is 6.08 Å². The van der Waals surface area contributed by atoms with Gasteiger partial charge in [0.15, 0.2) is 0 Å². The molecule has 0 radical (unpaired) electrons. The molecule has 0 saturated carbocycles. The molecule has 0 aliphatic carbocycles. The van der Waals surface area contributed by atoms with Gasteiger partial charge < -0.3 is 14.5 Å². The van der Waals surface area contributed by atoms with Gasteiger partial charge >= 0.3 is 0 Å². The standard InChI is InChI=1S/C15H18N2O2/c1-18-14-8-7-12(15(9-14)19-2)5-3-4-6-13-10-16-11-17-13/h4,6-11H,3,5H2,1-2H3,(H,16,17)/b6-4+. The van der Waals surface area contributed by atoms with E-state index in [1.54, 1.807) is 26.7 Å². The van der Waals surface area contributed by atoms with Gasteiger partial charge in [0.05, 0.1) is 32.4 Å². The molecule has 100 valence electrons. The van der Waals surface area contributed by atoms with E-state index in [4.69, 9.17) is 9.47 Å². The maximum Gasteiger partial charge on any atom is 0.125 e. The fourth-order valence-corrected chi connectivity index (χ4v) is 1.87. The number of ether oxygens (including phenoxy) is 2. The molecule has 1 heterocycles. The van der Waals surface area contributed by atoms with Gasteiger partial charge in [-0.2, -0.15) is 0 Å². The molecule has 0 bridgehead atoms. The second kappa shape index (κ2) is 6.64. The number of methoxy groups -OCH3 is 2. The maximum atomic E-state index is 5.37. The van der Waals surface area contributed by atoms with E-state index in [1.165, 1.54) is 5.56 Å². The second-order valence-electron chi connectivity index (χ2n) is 4.13. The third-order valence-electron chi connectivity index (χ3n) is 2.89. The zero-order valence-corrected chi connectivity index (χ0v) is 11.2. The number of imidazole rings is 1. The Morgan fingerprint density at radius 1 is 1.26 bits per heavy atom. The normalized spacial score (nSPS) is 10.8. The van der Waals surface area contributed by atoms with Gasteiger partial charge in [0.1, 0.15) is 11.5 Å². The molecular formula is C15H18N2O2. The summed E-state index contributed by atoms with van der Waals surface area (Å²) < 4.78 is 10.6. The third-order valence-corrected chi connectivity index (χ3v) is 2.89. The van der Waals surface area contributed by atoms with Crippen molar-refractivity contribution >= 4 is 6.08 Å². The van der Waals surface area contributed by atoms with Crippen LogP contribution in [-0.2, 0) is 6.42 Å². The average molecular weight is 258 g/mol. The highest BCUT2D eigenvalue weighted by molar-refractivity contribution is 5.44. The zero-order valence-electron chi connectivity index (χ0n) is 11.2. The van der Waals surface area contributed by atoms with Crippen molar-refractivity contribution in [1.82, 2.24) is 9.97 Å². The van der Waals surface area contributed by atoms with Crippen molar-refractivity contribution in [2.75, 3.05) is 14.2 Å². The highest BCUT2D eigenvalue weighted by atomic mass is 16.5. The lowest BCUT2D eigenvalue weighted by molar-refractivity contribution is 0.391. The van der Waals surface area contributed by atoms with E-state index in [0.717, 1.165) is 30.0 Å². The van der Waals surface area contributed by atoms with Gasteiger partial charge in [-0.3, -0.25) is 0 Å². The molecule has 19 heavy (non-hydrogen) atoms. The van der Waals surface area contributed by atoms with Gasteiger partial charge in [0.2, 0.25) is 0 Å². The first-order chi connectivity index (χ1) is 9.33. The first-order valence-electron chi connectivity index (χ1n) is 6.19. The van der Waals surface area contributed by atoms with Gasteiger partial charge in [-0.15, -0.1) is 0 Å². The maximum absolute atomic E-state index is 5.37. The summed E-state index contributed by atoms with van der Waals surface area (Å²) in [5.74, 6) is 1.68. The first kappa shape index (κ1) is 13.2. The molecule has 0 aliphatic heterocycles. The quantitative estimate of drug-likeness (QED) is 0.866. The van der Waals surface area contributed by atoms with Crippen LogP contribution in [0, 0.1) is 0 Å². The number of H-pyrrole nitrogens is 1. The van der Waals surface area contributed by atoms with Crippen LogP contribution in [0.2, 0.25) is 0 Å². The van der Waals surface area contributed by atoms with Crippen molar-refractivity contribution in [2.24, 2.45) is 0 Å². The van der Waals surface area contributed by atoms with Crippen molar-refractivity contribution < 1.29 is 9.47 Å². The van der Waals surface area contributed by atoms with Gasteiger partial charge in [-0.05, 0) is 30.5 Å². The highest BCUT2D eigenvalue weighted by Gasteiger charge is 2.03. The van der Waals surface area contributed by atoms with Crippen LogP contribution in [-0.4, -0.2) is 24.2 Å². The number of allylic oxidation sites excluding steroid dienone is 1. The van der Waals surface area contributed by atoms with Crippen molar-refractivity contribution in [1.29, 1.82) is 0 Å². The van der Waals surface area contributed by atoms with Crippen LogP contribution < -0.4 is 9.47 Å². The molecule has 2 rings (SSSR count). The molecule has 0 atom stereocenters. The molecule has 0 unspecified atom stereocenters. The largest absolute Gasteiger partial charge is 0.497 e. The molecule has 1 aromatic heterocycles. The molecular weight excluding hydrogens is 240 g/mol. The third kappa shape index (κ3) is 3.61. The number of aromatic nitrogens is 2. The smallest absolute Gasteiger partial charge is 0.125 e. The Labute approximate surface area is 113 Å². The zero-order chi connectivity index (χ0) is 13.5. The lowest BCUT2D eigenvalue weighted by Crippen LogP contribution is -1.93. The van der Waals surface area contributed by atoms with E-state index in [-0.39, 0.29) is 0 Å². The number of aryl methyl sites for hydroxylation is 1. The molecule has 0 spiro atoms. The van der Waals surface area contributed by atoms with E-state index >= 15 is 0 Å². The summed E-state index contributed by atoms with van der Waals surface area (Å²) in [6.07, 6.45) is 9.50. The number of rotatable bonds is 6. The molecule has 1 N–H and O–H groups in total. The Morgan fingerprint density at radius 3 is 2.84 bits per heavy atom. The lowest BCUT2D eigenvalue weighted by atomic mass is 10.1. The lowest BCUT2D eigenvalue weighted by Gasteiger charge is -2.09. The second-order valence-corrected chi connectivity index (χ2v) is 4.13. The predicted octanol–water partition coefficient (Wildman–Crippen LogP) is 3.07. The van der Waals surface area contributed by atoms with Crippen LogP contribution >= 0.6 is 0 Å². The summed E-state index contributed by atoms with van der Waals surface area (Å²) in [6.45, 7) is 0. The van der Waals surface area contributed by atoms with Gasteiger partial charge in [0.25, 0.3) is 0 Å². The summed E-state index contributed by atoms with van der Waals surface area (Å²) in [5, 5.41) is 0. The van der Waals surface area contributed by atoms with Crippen molar-refractivity contribution in [2.45, 2.75) is 12.8 Å². The Kier molecular flexibility index (Phi) is 4.61. The summed E-state index contributed by atoms with van der Waals surface area (Å²) in [5.41, 5.74) is 2.19. The van der Waals surface area contributed by atoms with Crippen LogP contribution in [0.4, 0.5) is 0 Å². The van der Waals surface area contributed by atoms with Crippen LogP contribution in [0.15, 0.2) is 36.8 Å². The molecule has 4 heteroatoms. The number of hydrogen-bond acceptors (Lipinski definition) is 3. The Hall–Kier alpha value is -2.23. The molecule has 0 aliphatic rings. The minimum absolute atomic E-state index is 0.814. The van der Waals surface area contributed by atoms with Crippen molar-refractivity contribution in [3.05, 3.63) is 48.1 Å². The van der Waals surface area contributed by atoms with Gasteiger partial charge in [-0.25, -0.2) is 4.98 Å². The summed E-state index contributed by atoms with van der Waals surface area (Å²) in [4.78, 5) is 7.00. The minimum Gasteiger partial charge on any atom is -0.497 e. The summed E-state index contributed by atoms with van der Waals surface area (Å²) in [6, 6.07) is 5.91. The number of aromatic amines is 1. The minimum atomic E-state index is 0.814. The molecule has 0 amide bonds. The topological polar surface area (TPSA) is 47.1 Å². The Bertz CT molecular complexity index is 533. The van der Waals surface area contributed by atoms with Crippen molar-refractivity contribution in [3.63, 3.8) is 0 Å². The number of hydrogen-bond donors (Lipinski definition) is 1. The van der Waals surface area contributed by atoms with E-state index in [2.05, 4.69) is 16.0 Å². The number of nitrogens with one attached hydrogen (secondary N) is 1. The molecule has 0 fully saturated rings. The number of benzene rings is 1. The average Bonchev–Trinajstić information content (AvgIpc) is 2.96. The Balaban J connectivity index is 1.95. The van der Waals surface area contributed by atoms with Crippen molar-refractivity contribution in [3.8, 4) is 11.5 Å². The molecule has 0 saturated heterocycles. The fraction of sp³-hybridized carbons (Fsp3) is 0.267. The molecule has 4 nitrogen and oxygen atoms in total. The summed E-state index contributed by atoms with van der Waals surface area (Å²) >= 11 is 0.